The maximum Gasteiger partial charge on any atom is 0.223 e. The summed E-state index contributed by atoms with van der Waals surface area (Å²) in [6, 6.07) is 4.95. The number of hydrogen-bond acceptors (Lipinski definition) is 5. The van der Waals surface area contributed by atoms with E-state index in [0.29, 0.717) is 26.1 Å². The average Bonchev–Trinajstić information content (AvgIpc) is 2.68. The number of benzene rings is 1. The van der Waals surface area contributed by atoms with Gasteiger partial charge in [-0.05, 0) is 83.4 Å². The molecule has 0 unspecified atom stereocenters. The van der Waals surface area contributed by atoms with Crippen LogP contribution in [-0.2, 0) is 19.4 Å². The fraction of sp³-hybridized carbons (Fsp3) is 0.667. The van der Waals surface area contributed by atoms with E-state index in [1.54, 1.807) is 0 Å². The van der Waals surface area contributed by atoms with Crippen molar-refractivity contribution in [3.05, 3.63) is 30.1 Å². The molecule has 1 aliphatic heterocycles. The topological polar surface area (TPSA) is 75.7 Å². The summed E-state index contributed by atoms with van der Waals surface area (Å²) >= 11 is 0. The van der Waals surface area contributed by atoms with Crippen molar-refractivity contribution in [1.29, 1.82) is 0 Å². The molecule has 2 rings (SSSR count). The van der Waals surface area contributed by atoms with Crippen molar-refractivity contribution >= 4 is 15.7 Å². The van der Waals surface area contributed by atoms with Crippen LogP contribution in [0.1, 0.15) is 39.5 Å². The summed E-state index contributed by atoms with van der Waals surface area (Å²) in [7, 11) is -3.39. The van der Waals surface area contributed by atoms with Crippen LogP contribution in [0.2, 0.25) is 0 Å². The van der Waals surface area contributed by atoms with E-state index in [1.807, 2.05) is 13.8 Å². The van der Waals surface area contributed by atoms with Gasteiger partial charge in [-0.15, -0.1) is 0 Å². The zero-order valence-electron chi connectivity index (χ0n) is 17.4. The second-order valence-corrected chi connectivity index (χ2v) is 9.92. The largest absolute Gasteiger partial charge is 0.379 e. The molecule has 1 heterocycles. The number of nitrogens with one attached hydrogen (secondary N) is 1. The van der Waals surface area contributed by atoms with Gasteiger partial charge in [0.2, 0.25) is 5.91 Å². The molecule has 0 radical (unpaired) electrons. The molecular weight excluding hydrogens is 395 g/mol. The Bertz CT molecular complexity index is 730. The lowest BCUT2D eigenvalue weighted by atomic mass is 9.96. The molecule has 1 amide bonds. The molecule has 164 valence electrons. The summed E-state index contributed by atoms with van der Waals surface area (Å²) in [5.41, 5.74) is 0. The van der Waals surface area contributed by atoms with Crippen LogP contribution < -0.4 is 5.32 Å². The molecule has 1 saturated heterocycles. The predicted molar refractivity (Wildman–Crippen MR) is 111 cm³/mol. The van der Waals surface area contributed by atoms with Gasteiger partial charge in [0, 0.05) is 19.1 Å². The first kappa shape index (κ1) is 23.8. The molecule has 0 saturated carbocycles. The van der Waals surface area contributed by atoms with Gasteiger partial charge in [-0.1, -0.05) is 0 Å². The van der Waals surface area contributed by atoms with E-state index in [4.69, 9.17) is 4.74 Å². The standard InChI is InChI=1S/C21H33FN2O4S/c1-17(2)28-15-3-11-23-21(25)18-9-13-24(14-10-18)12-4-16-29(26,27)20-7-5-19(22)6-8-20/h5-8,17-18H,3-4,9-16H2,1-2H3,(H,23,25). The van der Waals surface area contributed by atoms with Gasteiger partial charge in [0.15, 0.2) is 9.84 Å². The van der Waals surface area contributed by atoms with E-state index in [-0.39, 0.29) is 28.6 Å². The van der Waals surface area contributed by atoms with Crippen molar-refractivity contribution < 1.29 is 22.3 Å². The van der Waals surface area contributed by atoms with Gasteiger partial charge in [-0.2, -0.15) is 0 Å². The second-order valence-electron chi connectivity index (χ2n) is 7.81. The summed E-state index contributed by atoms with van der Waals surface area (Å²) in [4.78, 5) is 14.6. The summed E-state index contributed by atoms with van der Waals surface area (Å²) in [5.74, 6) is -0.273. The van der Waals surface area contributed by atoms with Crippen LogP contribution in [0, 0.1) is 11.7 Å². The first-order valence-electron chi connectivity index (χ1n) is 10.4. The Morgan fingerprint density at radius 2 is 1.86 bits per heavy atom. The van der Waals surface area contributed by atoms with Crippen molar-refractivity contribution in [2.45, 2.75) is 50.5 Å². The molecule has 0 spiro atoms. The van der Waals surface area contributed by atoms with Gasteiger partial charge in [0.25, 0.3) is 0 Å². The molecule has 1 fully saturated rings. The van der Waals surface area contributed by atoms with Crippen LogP contribution >= 0.6 is 0 Å². The minimum Gasteiger partial charge on any atom is -0.379 e. The van der Waals surface area contributed by atoms with Gasteiger partial charge in [-0.3, -0.25) is 4.79 Å². The quantitative estimate of drug-likeness (QED) is 0.433. The number of nitrogens with zero attached hydrogens (tertiary/aromatic N) is 1. The average molecular weight is 429 g/mol. The number of ether oxygens (including phenoxy) is 1. The Hall–Kier alpha value is -1.51. The minimum atomic E-state index is -3.39. The summed E-state index contributed by atoms with van der Waals surface area (Å²) in [6.07, 6.45) is 3.12. The zero-order valence-corrected chi connectivity index (χ0v) is 18.2. The summed E-state index contributed by atoms with van der Waals surface area (Å²) < 4.78 is 43.0. The smallest absolute Gasteiger partial charge is 0.223 e. The Morgan fingerprint density at radius 1 is 1.21 bits per heavy atom. The molecule has 8 heteroatoms. The van der Waals surface area contributed by atoms with Gasteiger partial charge in [-0.25, -0.2) is 12.8 Å². The Kier molecular flexibility index (Phi) is 9.52. The fourth-order valence-electron chi connectivity index (χ4n) is 3.40. The third-order valence-corrected chi connectivity index (χ3v) is 6.91. The van der Waals surface area contributed by atoms with E-state index in [9.17, 15) is 17.6 Å². The fourth-order valence-corrected chi connectivity index (χ4v) is 4.70. The highest BCUT2D eigenvalue weighted by Crippen LogP contribution is 2.18. The second kappa shape index (κ2) is 11.6. The molecule has 6 nitrogen and oxygen atoms in total. The summed E-state index contributed by atoms with van der Waals surface area (Å²) in [6.45, 7) is 7.54. The Labute approximate surface area is 173 Å². The number of sulfone groups is 1. The van der Waals surface area contributed by atoms with Crippen LogP contribution in [0.3, 0.4) is 0 Å². The van der Waals surface area contributed by atoms with E-state index >= 15 is 0 Å². The molecule has 29 heavy (non-hydrogen) atoms. The number of carbonyl (C=O) groups excluding carboxylic acids is 1. The first-order valence-corrected chi connectivity index (χ1v) is 12.0. The number of halogens is 1. The van der Waals surface area contributed by atoms with E-state index < -0.39 is 15.7 Å². The van der Waals surface area contributed by atoms with Crippen molar-refractivity contribution in [2.24, 2.45) is 5.92 Å². The monoisotopic (exact) mass is 428 g/mol. The Morgan fingerprint density at radius 3 is 2.48 bits per heavy atom. The van der Waals surface area contributed by atoms with E-state index in [0.717, 1.165) is 32.4 Å². The molecule has 0 aliphatic carbocycles. The van der Waals surface area contributed by atoms with Crippen LogP contribution in [0.15, 0.2) is 29.2 Å². The van der Waals surface area contributed by atoms with Crippen molar-refractivity contribution in [3.63, 3.8) is 0 Å². The van der Waals surface area contributed by atoms with Crippen LogP contribution in [0.25, 0.3) is 0 Å². The zero-order chi connectivity index (χ0) is 21.3. The van der Waals surface area contributed by atoms with Crippen molar-refractivity contribution in [2.75, 3.05) is 38.5 Å². The number of rotatable bonds is 11. The number of hydrogen-bond donors (Lipinski definition) is 1. The van der Waals surface area contributed by atoms with Gasteiger partial charge in [0.1, 0.15) is 5.82 Å². The molecule has 1 aromatic rings. The van der Waals surface area contributed by atoms with Crippen LogP contribution in [0.4, 0.5) is 4.39 Å². The third-order valence-electron chi connectivity index (χ3n) is 5.09. The lowest BCUT2D eigenvalue weighted by Gasteiger charge is -2.31. The highest BCUT2D eigenvalue weighted by Gasteiger charge is 2.25. The number of amides is 1. The van der Waals surface area contributed by atoms with Crippen LogP contribution in [-0.4, -0.2) is 63.9 Å². The number of carbonyl (C=O) groups is 1. The predicted octanol–water partition coefficient (Wildman–Crippen LogP) is 2.63. The lowest BCUT2D eigenvalue weighted by molar-refractivity contribution is -0.126. The normalized spacial score (nSPS) is 16.3. The SMILES string of the molecule is CC(C)OCCCNC(=O)C1CCN(CCCS(=O)(=O)c2ccc(F)cc2)CC1. The maximum absolute atomic E-state index is 13.0. The minimum absolute atomic E-state index is 0.0280. The highest BCUT2D eigenvalue weighted by atomic mass is 32.2. The van der Waals surface area contributed by atoms with Gasteiger partial charge in [0.05, 0.1) is 16.8 Å². The van der Waals surface area contributed by atoms with Gasteiger partial charge >= 0.3 is 0 Å². The number of likely N-dealkylation sites (tertiary alicyclic amines) is 1. The molecular formula is C21H33FN2O4S. The van der Waals surface area contributed by atoms with Crippen LogP contribution in [0.5, 0.6) is 0 Å². The summed E-state index contributed by atoms with van der Waals surface area (Å²) in [5, 5.41) is 2.98. The van der Waals surface area contributed by atoms with E-state index in [2.05, 4.69) is 10.2 Å². The van der Waals surface area contributed by atoms with Crippen molar-refractivity contribution in [3.8, 4) is 0 Å². The molecule has 1 aromatic carbocycles. The first-order chi connectivity index (χ1) is 13.8. The highest BCUT2D eigenvalue weighted by molar-refractivity contribution is 7.91. The van der Waals surface area contributed by atoms with Gasteiger partial charge < -0.3 is 15.0 Å². The molecule has 0 aromatic heterocycles. The van der Waals surface area contributed by atoms with E-state index in [1.165, 1.54) is 24.3 Å². The Balaban J connectivity index is 1.63. The molecule has 0 bridgehead atoms. The molecule has 0 atom stereocenters. The third kappa shape index (κ3) is 8.40. The maximum atomic E-state index is 13.0. The lowest BCUT2D eigenvalue weighted by Crippen LogP contribution is -2.41. The molecule has 1 aliphatic rings. The number of piperidine rings is 1. The van der Waals surface area contributed by atoms with Crippen molar-refractivity contribution in [1.82, 2.24) is 10.2 Å². The molecule has 1 N–H and O–H groups in total.